The van der Waals surface area contributed by atoms with E-state index in [1.165, 1.54) is 12.8 Å². The smallest absolute Gasteiger partial charge is 0.271 e. The van der Waals surface area contributed by atoms with Gasteiger partial charge in [0.05, 0.1) is 32.0 Å². The molecule has 174 valence electrons. The first kappa shape index (κ1) is 21.6. The van der Waals surface area contributed by atoms with Gasteiger partial charge in [-0.2, -0.15) is 0 Å². The van der Waals surface area contributed by atoms with Crippen LogP contribution in [0, 0.1) is 0 Å². The predicted octanol–water partition coefficient (Wildman–Crippen LogP) is 4.50. The maximum Gasteiger partial charge on any atom is 0.271 e. The number of carbonyl (C=O) groups excluding carboxylic acids is 2. The number of ether oxygens (including phenoxy) is 1. The molecule has 0 unspecified atom stereocenters. The Hall–Kier alpha value is -3.22. The van der Waals surface area contributed by atoms with Crippen molar-refractivity contribution in [2.24, 2.45) is 0 Å². The lowest BCUT2D eigenvalue weighted by Gasteiger charge is -2.44. The van der Waals surface area contributed by atoms with Gasteiger partial charge >= 0.3 is 0 Å². The number of hydrogen-bond acceptors (Lipinski definition) is 4. The van der Waals surface area contributed by atoms with E-state index in [9.17, 15) is 9.59 Å². The lowest BCUT2D eigenvalue weighted by molar-refractivity contribution is -0.134. The van der Waals surface area contributed by atoms with Crippen LogP contribution < -0.4 is 10.1 Å². The average molecular weight is 450 g/mol. The maximum absolute atomic E-state index is 13.8. The van der Waals surface area contributed by atoms with Crippen molar-refractivity contribution in [2.45, 2.75) is 70.1 Å². The van der Waals surface area contributed by atoms with Gasteiger partial charge in [-0.25, -0.2) is 0 Å². The Bertz CT molecular complexity index is 1160. The molecule has 1 aromatic carbocycles. The number of methoxy groups -OCH3 is 1. The van der Waals surface area contributed by atoms with E-state index in [0.717, 1.165) is 42.3 Å². The normalized spacial score (nSPS) is 21.6. The minimum atomic E-state index is -1.06. The first-order chi connectivity index (χ1) is 16.0. The summed E-state index contributed by atoms with van der Waals surface area (Å²) in [4.78, 5) is 29.3. The fourth-order valence-electron chi connectivity index (χ4n) is 5.23. The van der Waals surface area contributed by atoms with Gasteiger partial charge in [0, 0.05) is 17.5 Å². The first-order valence-corrected chi connectivity index (χ1v) is 11.8. The molecule has 3 aromatic rings. The Morgan fingerprint density at radius 3 is 2.67 bits per heavy atom. The molecule has 1 N–H and O–H groups in total. The van der Waals surface area contributed by atoms with Crippen LogP contribution in [0.4, 0.5) is 0 Å². The Labute approximate surface area is 193 Å². The Kier molecular flexibility index (Phi) is 5.64. The Morgan fingerprint density at radius 1 is 1.18 bits per heavy atom. The van der Waals surface area contributed by atoms with Gasteiger partial charge in [0.1, 0.15) is 22.7 Å². The van der Waals surface area contributed by atoms with Crippen LogP contribution in [0.25, 0.3) is 10.9 Å². The fourth-order valence-corrected chi connectivity index (χ4v) is 5.23. The van der Waals surface area contributed by atoms with Crippen LogP contribution in [-0.2, 0) is 17.9 Å². The van der Waals surface area contributed by atoms with Gasteiger partial charge < -0.3 is 23.9 Å². The fraction of sp³-hybridized carbons (Fsp3) is 0.462. The third-order valence-electron chi connectivity index (χ3n) is 7.21. The van der Waals surface area contributed by atoms with Gasteiger partial charge in [-0.1, -0.05) is 25.7 Å². The standard InChI is InChI=1S/C26H31N3O4/c1-26(25(31)27-19-8-5-3-4-6-9-19)17-28-22-15-20(32-2)12-11-18(22)14-23(28)24(30)29(26)16-21-10-7-13-33-21/h7,10-15,19H,3-6,8-9,16-17H2,1-2H3,(H,27,31)/t26-/m0/s1. The van der Waals surface area contributed by atoms with Gasteiger partial charge in [-0.15, -0.1) is 0 Å². The molecule has 1 aliphatic carbocycles. The third-order valence-corrected chi connectivity index (χ3v) is 7.21. The van der Waals surface area contributed by atoms with Gasteiger partial charge in [-0.05, 0) is 50.1 Å². The molecule has 1 aliphatic heterocycles. The zero-order chi connectivity index (χ0) is 23.0. The van der Waals surface area contributed by atoms with Crippen molar-refractivity contribution in [3.63, 3.8) is 0 Å². The van der Waals surface area contributed by atoms with E-state index >= 15 is 0 Å². The van der Waals surface area contributed by atoms with Gasteiger partial charge in [0.2, 0.25) is 5.91 Å². The molecule has 3 heterocycles. The van der Waals surface area contributed by atoms with Crippen LogP contribution >= 0.6 is 0 Å². The highest BCUT2D eigenvalue weighted by atomic mass is 16.5. The molecule has 0 spiro atoms. The number of nitrogens with one attached hydrogen (secondary N) is 1. The minimum absolute atomic E-state index is 0.107. The van der Waals surface area contributed by atoms with Gasteiger partial charge in [0.15, 0.2) is 0 Å². The second-order valence-corrected chi connectivity index (χ2v) is 9.45. The topological polar surface area (TPSA) is 76.7 Å². The van der Waals surface area contributed by atoms with E-state index in [2.05, 4.69) is 5.32 Å². The molecule has 2 amide bonds. The molecule has 5 rings (SSSR count). The predicted molar refractivity (Wildman–Crippen MR) is 125 cm³/mol. The van der Waals surface area contributed by atoms with Gasteiger partial charge in [0.25, 0.3) is 5.91 Å². The van der Waals surface area contributed by atoms with E-state index < -0.39 is 5.54 Å². The number of nitrogens with zero attached hydrogens (tertiary/aromatic N) is 2. The molecule has 7 nitrogen and oxygen atoms in total. The van der Waals surface area contributed by atoms with E-state index in [1.54, 1.807) is 24.3 Å². The molecule has 1 saturated carbocycles. The molecule has 1 atom stereocenters. The SMILES string of the molecule is COc1ccc2cc3n(c2c1)C[C@@](C)(C(=O)NC1CCCCCC1)N(Cc1ccco1)C3=O. The molecule has 0 saturated heterocycles. The second-order valence-electron chi connectivity index (χ2n) is 9.45. The summed E-state index contributed by atoms with van der Waals surface area (Å²) in [5.41, 5.74) is 0.409. The number of hydrogen-bond donors (Lipinski definition) is 1. The highest BCUT2D eigenvalue weighted by molar-refractivity contribution is 6.03. The molecular weight excluding hydrogens is 418 g/mol. The Balaban J connectivity index is 1.54. The molecular formula is C26H31N3O4. The number of rotatable bonds is 5. The van der Waals surface area contributed by atoms with Crippen LogP contribution in [0.2, 0.25) is 0 Å². The van der Waals surface area contributed by atoms with E-state index in [0.29, 0.717) is 18.0 Å². The number of carbonyl (C=O) groups is 2. The highest BCUT2D eigenvalue weighted by Gasteiger charge is 2.48. The summed E-state index contributed by atoms with van der Waals surface area (Å²) in [6, 6.07) is 11.5. The number of benzene rings is 1. The van der Waals surface area contributed by atoms with Crippen molar-refractivity contribution < 1.29 is 18.7 Å². The molecule has 0 radical (unpaired) electrons. The summed E-state index contributed by atoms with van der Waals surface area (Å²) in [5.74, 6) is 1.09. The summed E-state index contributed by atoms with van der Waals surface area (Å²) in [6.45, 7) is 2.48. The summed E-state index contributed by atoms with van der Waals surface area (Å²) >= 11 is 0. The monoisotopic (exact) mass is 449 g/mol. The van der Waals surface area contributed by atoms with Crippen molar-refractivity contribution >= 4 is 22.7 Å². The molecule has 2 aromatic heterocycles. The lowest BCUT2D eigenvalue weighted by Crippen LogP contribution is -2.64. The van der Waals surface area contributed by atoms with Crippen LogP contribution in [0.15, 0.2) is 47.1 Å². The second kappa shape index (κ2) is 8.61. The number of amides is 2. The zero-order valence-electron chi connectivity index (χ0n) is 19.3. The average Bonchev–Trinajstić information content (AvgIpc) is 3.38. The first-order valence-electron chi connectivity index (χ1n) is 11.8. The zero-order valence-corrected chi connectivity index (χ0v) is 19.3. The highest BCUT2D eigenvalue weighted by Crippen LogP contribution is 2.35. The number of fused-ring (bicyclic) bond motifs is 3. The lowest BCUT2D eigenvalue weighted by atomic mass is 9.93. The number of furan rings is 1. The molecule has 0 bridgehead atoms. The van der Waals surface area contributed by atoms with Crippen molar-refractivity contribution in [3.8, 4) is 5.75 Å². The van der Waals surface area contributed by atoms with Crippen molar-refractivity contribution in [2.75, 3.05) is 7.11 Å². The van der Waals surface area contributed by atoms with Crippen molar-refractivity contribution in [1.29, 1.82) is 0 Å². The molecule has 33 heavy (non-hydrogen) atoms. The van der Waals surface area contributed by atoms with E-state index in [-0.39, 0.29) is 24.4 Å². The quantitative estimate of drug-likeness (QED) is 0.582. The summed E-state index contributed by atoms with van der Waals surface area (Å²) in [6.07, 6.45) is 8.26. The van der Waals surface area contributed by atoms with Crippen molar-refractivity contribution in [3.05, 3.63) is 54.1 Å². The van der Waals surface area contributed by atoms with Crippen LogP contribution in [-0.4, -0.2) is 40.0 Å². The van der Waals surface area contributed by atoms with Crippen LogP contribution in [0.1, 0.15) is 61.7 Å². The Morgan fingerprint density at radius 2 is 1.97 bits per heavy atom. The molecule has 1 fully saturated rings. The van der Waals surface area contributed by atoms with Crippen LogP contribution in [0.5, 0.6) is 5.75 Å². The van der Waals surface area contributed by atoms with Gasteiger partial charge in [-0.3, -0.25) is 9.59 Å². The van der Waals surface area contributed by atoms with E-state index in [4.69, 9.17) is 9.15 Å². The summed E-state index contributed by atoms with van der Waals surface area (Å²) < 4.78 is 12.9. The van der Waals surface area contributed by atoms with E-state index in [1.807, 2.05) is 41.8 Å². The molecule has 2 aliphatic rings. The number of aromatic nitrogens is 1. The maximum atomic E-state index is 13.8. The van der Waals surface area contributed by atoms with Crippen molar-refractivity contribution in [1.82, 2.24) is 14.8 Å². The van der Waals surface area contributed by atoms with Crippen LogP contribution in [0.3, 0.4) is 0 Å². The summed E-state index contributed by atoms with van der Waals surface area (Å²) in [5, 5.41) is 4.24. The molecule has 7 heteroatoms. The minimum Gasteiger partial charge on any atom is -0.497 e. The largest absolute Gasteiger partial charge is 0.497 e. The third kappa shape index (κ3) is 3.90. The summed E-state index contributed by atoms with van der Waals surface area (Å²) in [7, 11) is 1.63.